The summed E-state index contributed by atoms with van der Waals surface area (Å²) >= 11 is 0. The minimum Gasteiger partial charge on any atom is -0.355 e. The largest absolute Gasteiger partial charge is 0.355 e. The second kappa shape index (κ2) is 18.4. The molecule has 0 amide bonds. The van der Waals surface area contributed by atoms with Crippen LogP contribution in [0.25, 0.3) is 99.0 Å². The number of nitrogens with zero attached hydrogens (tertiary/aromatic N) is 2. The first kappa shape index (κ1) is 42.8. The van der Waals surface area contributed by atoms with Gasteiger partial charge in [0.15, 0.2) is 0 Å². The lowest BCUT2D eigenvalue weighted by Crippen LogP contribution is -1.94. The zero-order valence-corrected chi connectivity index (χ0v) is 39.9. The Morgan fingerprint density at radius 3 is 0.896 bits per heavy atom. The summed E-state index contributed by atoms with van der Waals surface area (Å²) in [5.74, 6) is 0. The van der Waals surface area contributed by atoms with Crippen LogP contribution in [0.4, 0.5) is 0 Å². The molecule has 0 bridgehead atoms. The average molecular weight is 874 g/mol. The Morgan fingerprint density at radius 2 is 0.597 bits per heavy atom. The topological polar surface area (TPSA) is 25.6 Å². The lowest BCUT2D eigenvalue weighted by atomic mass is 10.00. The summed E-state index contributed by atoms with van der Waals surface area (Å²) in [7, 11) is 0. The van der Waals surface area contributed by atoms with Crippen LogP contribution in [0.15, 0.2) is 158 Å². The quantitative estimate of drug-likeness (QED) is 0.100. The number of aryl methyl sites for hydroxylation is 4. The van der Waals surface area contributed by atoms with Crippen LogP contribution in [0.2, 0.25) is 0 Å². The van der Waals surface area contributed by atoms with Crippen LogP contribution in [0.5, 0.6) is 0 Å². The Kier molecular flexibility index (Phi) is 11.8. The number of H-pyrrole nitrogens is 1. The van der Waals surface area contributed by atoms with Gasteiger partial charge in [-0.05, 0) is 193 Å². The van der Waals surface area contributed by atoms with E-state index in [4.69, 9.17) is 0 Å². The molecular formula is C64H63N3. The minimum absolute atomic E-state index is 1.13. The van der Waals surface area contributed by atoms with Crippen LogP contribution in [0.3, 0.4) is 0 Å². The second-order valence-electron chi connectivity index (χ2n) is 19.2. The predicted molar refractivity (Wildman–Crippen MR) is 290 cm³/mol. The van der Waals surface area contributed by atoms with Crippen molar-refractivity contribution in [2.24, 2.45) is 0 Å². The highest BCUT2D eigenvalue weighted by Gasteiger charge is 2.17. The Bertz CT molecular complexity index is 3190. The molecule has 1 N–H and O–H groups in total. The molecule has 8 aromatic carbocycles. The van der Waals surface area contributed by atoms with E-state index in [0.717, 1.165) is 36.7 Å². The number of aromatic amines is 1. The van der Waals surface area contributed by atoms with Gasteiger partial charge in [-0.25, -0.2) is 0 Å². The number of hydrogen-bond donors (Lipinski definition) is 1. The molecule has 0 saturated heterocycles. The molecular weight excluding hydrogens is 811 g/mol. The Morgan fingerprint density at radius 1 is 0.299 bits per heavy atom. The van der Waals surface area contributed by atoms with Crippen molar-refractivity contribution in [1.29, 1.82) is 0 Å². The van der Waals surface area contributed by atoms with Crippen LogP contribution in [-0.4, -0.2) is 14.1 Å². The first-order valence-corrected chi connectivity index (χ1v) is 25.4. The lowest BCUT2D eigenvalue weighted by Gasteiger charge is -2.11. The van der Waals surface area contributed by atoms with E-state index in [1.807, 2.05) is 0 Å². The lowest BCUT2D eigenvalue weighted by molar-refractivity contribution is 0.795. The van der Waals surface area contributed by atoms with Crippen molar-refractivity contribution >= 4 is 65.4 Å². The molecule has 0 spiro atoms. The Labute approximate surface area is 396 Å². The smallest absolute Gasteiger partial charge is 0.0541 e. The SMILES string of the molecule is CCCCc1ccc2c(c1)c1cc(CCCC)ccc1n2-c1ccc(-c2ccc3[nH]c4ccc(-c5ccc(-n6c7ccc(CCCC)cc7c7cc(CCCC)ccc76)cc5)cc4c3c2)cc1. The average Bonchev–Trinajstić information content (AvgIpc) is 4.02. The first-order valence-electron chi connectivity index (χ1n) is 25.4. The number of aromatic nitrogens is 3. The van der Waals surface area contributed by atoms with E-state index in [9.17, 15) is 0 Å². The van der Waals surface area contributed by atoms with Crippen LogP contribution in [0.1, 0.15) is 101 Å². The van der Waals surface area contributed by atoms with Crippen molar-refractivity contribution in [2.75, 3.05) is 0 Å². The zero-order chi connectivity index (χ0) is 45.4. The van der Waals surface area contributed by atoms with Crippen LogP contribution in [-0.2, 0) is 25.7 Å². The molecule has 3 nitrogen and oxygen atoms in total. The van der Waals surface area contributed by atoms with Crippen LogP contribution in [0, 0.1) is 0 Å². The molecule has 0 saturated carbocycles. The fraction of sp³-hybridized carbons (Fsp3) is 0.250. The number of hydrogen-bond acceptors (Lipinski definition) is 0. The van der Waals surface area contributed by atoms with Crippen molar-refractivity contribution in [3.05, 3.63) is 180 Å². The van der Waals surface area contributed by atoms with E-state index in [-0.39, 0.29) is 0 Å². The van der Waals surface area contributed by atoms with E-state index in [1.54, 1.807) is 0 Å². The van der Waals surface area contributed by atoms with Crippen molar-refractivity contribution in [3.63, 3.8) is 0 Å². The normalized spacial score (nSPS) is 12.0. The van der Waals surface area contributed by atoms with E-state index in [1.165, 1.54) is 162 Å². The number of benzene rings is 8. The molecule has 334 valence electrons. The molecule has 0 radical (unpaired) electrons. The third-order valence-electron chi connectivity index (χ3n) is 14.6. The Hall–Kier alpha value is -6.84. The van der Waals surface area contributed by atoms with Crippen LogP contribution >= 0.6 is 0 Å². The van der Waals surface area contributed by atoms with E-state index >= 15 is 0 Å². The first-order chi connectivity index (χ1) is 33.0. The third kappa shape index (κ3) is 8.03. The molecule has 3 aromatic heterocycles. The summed E-state index contributed by atoms with van der Waals surface area (Å²) in [6.07, 6.45) is 14.2. The van der Waals surface area contributed by atoms with Crippen molar-refractivity contribution in [2.45, 2.75) is 105 Å². The van der Waals surface area contributed by atoms with Crippen molar-refractivity contribution < 1.29 is 0 Å². The standard InChI is InChI=1S/C64H63N3/c1-5-9-13-43-17-33-61-55(37-43)56-38-44(14-10-6-2)18-34-62(56)66(61)51-27-21-47(22-28-51)49-25-31-59-53(41-49)54-42-50(26-32-60(54)65-59)48-23-29-52(30-24-48)67-63-35-19-45(15-11-7-3)39-57(63)58-40-46(16-12-8-4)20-36-64(58)67/h17-42,65H,5-16H2,1-4H3. The fourth-order valence-corrected chi connectivity index (χ4v) is 10.8. The maximum Gasteiger partial charge on any atom is 0.0541 e. The molecule has 0 aliphatic carbocycles. The van der Waals surface area contributed by atoms with Gasteiger partial charge in [0, 0.05) is 54.7 Å². The predicted octanol–water partition coefficient (Wildman–Crippen LogP) is 18.2. The van der Waals surface area contributed by atoms with Gasteiger partial charge in [0.25, 0.3) is 0 Å². The highest BCUT2D eigenvalue weighted by molar-refractivity contribution is 6.12. The second-order valence-corrected chi connectivity index (χ2v) is 19.2. The van der Waals surface area contributed by atoms with Gasteiger partial charge in [0.1, 0.15) is 0 Å². The molecule has 0 aliphatic rings. The van der Waals surface area contributed by atoms with Crippen LogP contribution < -0.4 is 0 Å². The van der Waals surface area contributed by atoms with Gasteiger partial charge >= 0.3 is 0 Å². The van der Waals surface area contributed by atoms with E-state index < -0.39 is 0 Å². The maximum atomic E-state index is 3.71. The van der Waals surface area contributed by atoms with E-state index in [0.29, 0.717) is 0 Å². The number of rotatable bonds is 16. The van der Waals surface area contributed by atoms with Gasteiger partial charge in [-0.15, -0.1) is 0 Å². The molecule has 3 heteroatoms. The molecule has 0 atom stereocenters. The summed E-state index contributed by atoms with van der Waals surface area (Å²) < 4.78 is 4.94. The minimum atomic E-state index is 1.13. The van der Waals surface area contributed by atoms with E-state index in [2.05, 4.69) is 200 Å². The summed E-state index contributed by atoms with van der Waals surface area (Å²) in [6.45, 7) is 9.12. The molecule has 11 aromatic rings. The molecule has 11 rings (SSSR count). The number of unbranched alkanes of at least 4 members (excludes halogenated alkanes) is 4. The number of nitrogens with one attached hydrogen (secondary N) is 1. The van der Waals surface area contributed by atoms with Gasteiger partial charge in [0.2, 0.25) is 0 Å². The fourth-order valence-electron chi connectivity index (χ4n) is 10.8. The summed E-state index contributed by atoms with van der Waals surface area (Å²) in [5.41, 5.74) is 20.4. The summed E-state index contributed by atoms with van der Waals surface area (Å²) in [4.78, 5) is 3.71. The maximum absolute atomic E-state index is 3.71. The van der Waals surface area contributed by atoms with Gasteiger partial charge in [0.05, 0.1) is 22.1 Å². The van der Waals surface area contributed by atoms with Gasteiger partial charge < -0.3 is 14.1 Å². The highest BCUT2D eigenvalue weighted by Crippen LogP contribution is 2.38. The van der Waals surface area contributed by atoms with Crippen molar-refractivity contribution in [3.8, 4) is 33.6 Å². The van der Waals surface area contributed by atoms with Gasteiger partial charge in [-0.3, -0.25) is 0 Å². The van der Waals surface area contributed by atoms with Crippen molar-refractivity contribution in [1.82, 2.24) is 14.1 Å². The number of fused-ring (bicyclic) bond motifs is 9. The third-order valence-corrected chi connectivity index (χ3v) is 14.6. The molecule has 67 heavy (non-hydrogen) atoms. The molecule has 3 heterocycles. The highest BCUT2D eigenvalue weighted by atomic mass is 15.0. The van der Waals surface area contributed by atoms with Gasteiger partial charge in [-0.2, -0.15) is 0 Å². The Balaban J connectivity index is 0.913. The monoisotopic (exact) mass is 874 g/mol. The summed E-state index contributed by atoms with van der Waals surface area (Å²) in [5, 5.41) is 7.94. The summed E-state index contributed by atoms with van der Waals surface area (Å²) in [6, 6.07) is 60.8. The zero-order valence-electron chi connectivity index (χ0n) is 39.9. The molecule has 0 aliphatic heterocycles. The van der Waals surface area contributed by atoms with Gasteiger partial charge in [-0.1, -0.05) is 114 Å². The molecule has 0 unspecified atom stereocenters. The molecule has 0 fully saturated rings.